The number of nitrogens with zero attached hydrogens (tertiary/aromatic N) is 2. The molecular weight excluding hydrogens is 370 g/mol. The van der Waals surface area contributed by atoms with E-state index < -0.39 is 11.7 Å². The molecule has 0 saturated heterocycles. The maximum absolute atomic E-state index is 12.0. The molecule has 0 aliphatic carbocycles. The summed E-state index contributed by atoms with van der Waals surface area (Å²) < 4.78 is 10.3. The molecule has 0 saturated carbocycles. The van der Waals surface area contributed by atoms with E-state index in [2.05, 4.69) is 15.3 Å². The molecule has 0 bridgehead atoms. The number of ether oxygens (including phenoxy) is 2. The zero-order valence-corrected chi connectivity index (χ0v) is 16.9. The molecule has 2 aromatic carbocycles. The van der Waals surface area contributed by atoms with Crippen molar-refractivity contribution in [2.75, 3.05) is 11.9 Å². The fourth-order valence-corrected chi connectivity index (χ4v) is 2.83. The van der Waals surface area contributed by atoms with Crippen molar-refractivity contribution in [2.45, 2.75) is 33.3 Å². The van der Waals surface area contributed by atoms with Crippen molar-refractivity contribution in [3.05, 3.63) is 54.4 Å². The lowest BCUT2D eigenvalue weighted by atomic mass is 10.00. The number of hydrogen-bond acceptors (Lipinski definition) is 6. The number of fused-ring (bicyclic) bond motifs is 1. The summed E-state index contributed by atoms with van der Waals surface area (Å²) in [5.41, 5.74) is 1.38. The normalized spacial score (nSPS) is 11.2. The summed E-state index contributed by atoms with van der Waals surface area (Å²) >= 11 is 0. The van der Waals surface area contributed by atoms with Gasteiger partial charge in [-0.1, -0.05) is 24.3 Å². The molecule has 0 radical (unpaired) electrons. The molecule has 7 nitrogen and oxygen atoms in total. The van der Waals surface area contributed by atoms with Gasteiger partial charge < -0.3 is 9.47 Å². The molecule has 0 aliphatic rings. The van der Waals surface area contributed by atoms with Crippen LogP contribution in [0, 0.1) is 0 Å². The second-order valence-corrected chi connectivity index (χ2v) is 7.38. The summed E-state index contributed by atoms with van der Waals surface area (Å²) in [5, 5.41) is 4.42. The van der Waals surface area contributed by atoms with Gasteiger partial charge in [-0.15, -0.1) is 0 Å². The molecule has 1 amide bonds. The van der Waals surface area contributed by atoms with Crippen LogP contribution >= 0.6 is 0 Å². The molecular formula is C22H23N3O4. The Morgan fingerprint density at radius 2 is 1.86 bits per heavy atom. The Balaban J connectivity index is 1.92. The third-order valence-corrected chi connectivity index (χ3v) is 3.96. The smallest absolute Gasteiger partial charge is 0.413 e. The lowest BCUT2D eigenvalue weighted by Gasteiger charge is -2.19. The standard InChI is InChI=1S/C22H23N3O4/c1-5-28-20(26)15-9-10-16-14(11-15)7-6-8-17(16)18-12-19(24-13-23-18)25-21(27)29-22(2,3)4/h6-13H,5H2,1-4H3,(H,23,24,25,27). The van der Waals surface area contributed by atoms with E-state index in [9.17, 15) is 9.59 Å². The molecule has 0 unspecified atom stereocenters. The zero-order chi connectivity index (χ0) is 21.0. The maximum atomic E-state index is 12.0. The number of nitrogens with one attached hydrogen (secondary N) is 1. The lowest BCUT2D eigenvalue weighted by molar-refractivity contribution is 0.0525. The van der Waals surface area contributed by atoms with Crippen LogP contribution < -0.4 is 5.32 Å². The molecule has 0 aliphatic heterocycles. The van der Waals surface area contributed by atoms with Crippen LogP contribution in [0.1, 0.15) is 38.1 Å². The van der Waals surface area contributed by atoms with Crippen molar-refractivity contribution in [3.63, 3.8) is 0 Å². The van der Waals surface area contributed by atoms with Gasteiger partial charge in [0, 0.05) is 11.6 Å². The van der Waals surface area contributed by atoms with Gasteiger partial charge in [-0.2, -0.15) is 0 Å². The number of hydrogen-bond donors (Lipinski definition) is 1. The first-order chi connectivity index (χ1) is 13.8. The van der Waals surface area contributed by atoms with Gasteiger partial charge in [0.1, 0.15) is 17.7 Å². The number of aromatic nitrogens is 2. The van der Waals surface area contributed by atoms with E-state index in [0.29, 0.717) is 23.7 Å². The molecule has 3 rings (SSSR count). The minimum Gasteiger partial charge on any atom is -0.462 e. The molecule has 1 aromatic heterocycles. The summed E-state index contributed by atoms with van der Waals surface area (Å²) in [6, 6.07) is 12.8. The number of benzene rings is 2. The Labute approximate surface area is 169 Å². The number of carbonyl (C=O) groups is 2. The van der Waals surface area contributed by atoms with Crippen molar-refractivity contribution in [3.8, 4) is 11.3 Å². The Morgan fingerprint density at radius 3 is 2.59 bits per heavy atom. The van der Waals surface area contributed by atoms with Crippen LogP contribution in [0.5, 0.6) is 0 Å². The average Bonchev–Trinajstić information content (AvgIpc) is 2.66. The van der Waals surface area contributed by atoms with E-state index >= 15 is 0 Å². The molecule has 0 atom stereocenters. The van der Waals surface area contributed by atoms with Crippen LogP contribution in [0.25, 0.3) is 22.0 Å². The van der Waals surface area contributed by atoms with Crippen molar-refractivity contribution >= 4 is 28.7 Å². The number of rotatable bonds is 4. The van der Waals surface area contributed by atoms with E-state index in [-0.39, 0.29) is 5.97 Å². The summed E-state index contributed by atoms with van der Waals surface area (Å²) in [4.78, 5) is 32.4. The SMILES string of the molecule is CCOC(=O)c1ccc2c(-c3cc(NC(=O)OC(C)(C)C)ncn3)cccc2c1. The maximum Gasteiger partial charge on any atom is 0.413 e. The Morgan fingerprint density at radius 1 is 1.07 bits per heavy atom. The molecule has 1 N–H and O–H groups in total. The summed E-state index contributed by atoms with van der Waals surface area (Å²) in [7, 11) is 0. The van der Waals surface area contributed by atoms with Crippen molar-refractivity contribution in [2.24, 2.45) is 0 Å². The largest absolute Gasteiger partial charge is 0.462 e. The summed E-state index contributed by atoms with van der Waals surface area (Å²) in [5.74, 6) is -0.0184. The predicted octanol–water partition coefficient (Wildman–Crippen LogP) is 4.82. The van der Waals surface area contributed by atoms with Gasteiger partial charge in [0.15, 0.2) is 0 Å². The highest BCUT2D eigenvalue weighted by molar-refractivity contribution is 6.01. The highest BCUT2D eigenvalue weighted by atomic mass is 16.6. The molecule has 150 valence electrons. The fourth-order valence-electron chi connectivity index (χ4n) is 2.83. The Hall–Kier alpha value is -3.48. The highest BCUT2D eigenvalue weighted by Gasteiger charge is 2.17. The van der Waals surface area contributed by atoms with E-state index in [4.69, 9.17) is 9.47 Å². The fraction of sp³-hybridized carbons (Fsp3) is 0.273. The average molecular weight is 393 g/mol. The number of carbonyl (C=O) groups excluding carboxylic acids is 2. The molecule has 0 fully saturated rings. The van der Waals surface area contributed by atoms with Crippen molar-refractivity contribution in [1.29, 1.82) is 0 Å². The molecule has 1 heterocycles. The first-order valence-electron chi connectivity index (χ1n) is 9.29. The van der Waals surface area contributed by atoms with Crippen molar-refractivity contribution < 1.29 is 19.1 Å². The number of amides is 1. The van der Waals surface area contributed by atoms with Gasteiger partial charge in [-0.05, 0) is 50.6 Å². The molecule has 7 heteroatoms. The molecule has 3 aromatic rings. The number of esters is 1. The minimum atomic E-state index is -0.605. The zero-order valence-electron chi connectivity index (χ0n) is 16.9. The van der Waals surface area contributed by atoms with Crippen LogP contribution in [0.2, 0.25) is 0 Å². The third-order valence-electron chi connectivity index (χ3n) is 3.96. The Bertz CT molecular complexity index is 1060. The number of anilines is 1. The molecule has 0 spiro atoms. The monoisotopic (exact) mass is 393 g/mol. The Kier molecular flexibility index (Phi) is 5.77. The summed E-state index contributed by atoms with van der Waals surface area (Å²) in [6.07, 6.45) is 0.799. The van der Waals surface area contributed by atoms with Gasteiger partial charge in [0.25, 0.3) is 0 Å². The van der Waals surface area contributed by atoms with E-state index in [1.54, 1.807) is 45.9 Å². The van der Waals surface area contributed by atoms with Gasteiger partial charge >= 0.3 is 12.1 Å². The predicted molar refractivity (Wildman–Crippen MR) is 111 cm³/mol. The van der Waals surface area contributed by atoms with Crippen LogP contribution in [0.3, 0.4) is 0 Å². The second kappa shape index (κ2) is 8.26. The van der Waals surface area contributed by atoms with Crippen LogP contribution in [0.4, 0.5) is 10.6 Å². The third kappa shape index (κ3) is 5.07. The van der Waals surface area contributed by atoms with Crippen molar-refractivity contribution in [1.82, 2.24) is 9.97 Å². The van der Waals surface area contributed by atoms with Gasteiger partial charge in [0.2, 0.25) is 0 Å². The van der Waals surface area contributed by atoms with E-state index in [0.717, 1.165) is 16.3 Å². The van der Waals surface area contributed by atoms with Crippen LogP contribution in [-0.4, -0.2) is 34.2 Å². The minimum absolute atomic E-state index is 0.325. The summed E-state index contributed by atoms with van der Waals surface area (Å²) in [6.45, 7) is 7.47. The molecule has 29 heavy (non-hydrogen) atoms. The lowest BCUT2D eigenvalue weighted by Crippen LogP contribution is -2.27. The van der Waals surface area contributed by atoms with Gasteiger partial charge in [-0.25, -0.2) is 19.6 Å². The quantitative estimate of drug-likeness (QED) is 0.639. The highest BCUT2D eigenvalue weighted by Crippen LogP contribution is 2.29. The van der Waals surface area contributed by atoms with E-state index in [1.807, 2.05) is 24.3 Å². The van der Waals surface area contributed by atoms with E-state index in [1.165, 1.54) is 6.33 Å². The first kappa shape index (κ1) is 20.3. The van der Waals surface area contributed by atoms with Gasteiger partial charge in [-0.3, -0.25) is 5.32 Å². The van der Waals surface area contributed by atoms with Crippen LogP contribution in [0.15, 0.2) is 48.8 Å². The van der Waals surface area contributed by atoms with Crippen LogP contribution in [-0.2, 0) is 9.47 Å². The van der Waals surface area contributed by atoms with Gasteiger partial charge in [0.05, 0.1) is 17.9 Å². The topological polar surface area (TPSA) is 90.4 Å². The first-order valence-corrected chi connectivity index (χ1v) is 9.29. The second-order valence-electron chi connectivity index (χ2n) is 7.38.